The average molecular weight is 207 g/mol. The number of hydrogen-bond acceptors (Lipinski definition) is 2. The molecule has 0 saturated heterocycles. The summed E-state index contributed by atoms with van der Waals surface area (Å²) < 4.78 is 1.71. The number of carbonyl (C=O) groups excluding carboxylic acids is 1. The molecule has 0 aliphatic rings. The molecule has 1 aromatic rings. The topological polar surface area (TPSA) is 46.9 Å². The van der Waals surface area contributed by atoms with Crippen molar-refractivity contribution in [1.82, 2.24) is 15.1 Å². The summed E-state index contributed by atoms with van der Waals surface area (Å²) in [5, 5.41) is 7.01. The number of aryl methyl sites for hydroxylation is 2. The van der Waals surface area contributed by atoms with Crippen molar-refractivity contribution in [2.45, 2.75) is 26.8 Å². The molecule has 0 fully saturated rings. The summed E-state index contributed by atoms with van der Waals surface area (Å²) in [6.07, 6.45) is 2.58. The van der Waals surface area contributed by atoms with Crippen LogP contribution in [0.4, 0.5) is 0 Å². The maximum Gasteiger partial charge on any atom is 0.241 e. The zero-order valence-corrected chi connectivity index (χ0v) is 9.29. The van der Waals surface area contributed by atoms with Crippen molar-refractivity contribution in [2.75, 3.05) is 6.54 Å². The molecule has 1 aromatic heterocycles. The van der Waals surface area contributed by atoms with Crippen molar-refractivity contribution in [3.8, 4) is 0 Å². The molecule has 0 saturated carbocycles. The van der Waals surface area contributed by atoms with Crippen LogP contribution in [-0.4, -0.2) is 22.2 Å². The highest BCUT2D eigenvalue weighted by Crippen LogP contribution is 2.00. The number of rotatable bonds is 5. The van der Waals surface area contributed by atoms with Gasteiger partial charge in [-0.2, -0.15) is 5.10 Å². The first-order chi connectivity index (χ1) is 7.13. The summed E-state index contributed by atoms with van der Waals surface area (Å²) in [7, 11) is 0. The van der Waals surface area contributed by atoms with E-state index >= 15 is 0 Å². The molecule has 0 radical (unpaired) electrons. The average Bonchev–Trinajstić information content (AvgIpc) is 2.45. The molecule has 1 heterocycles. The highest BCUT2D eigenvalue weighted by Gasteiger charge is 2.05. The van der Waals surface area contributed by atoms with Gasteiger partial charge >= 0.3 is 0 Å². The van der Waals surface area contributed by atoms with Gasteiger partial charge in [0.15, 0.2) is 0 Å². The zero-order valence-electron chi connectivity index (χ0n) is 9.29. The Kier molecular flexibility index (Phi) is 4.09. The second-order valence-electron chi connectivity index (χ2n) is 3.51. The van der Waals surface area contributed by atoms with Crippen molar-refractivity contribution in [2.24, 2.45) is 0 Å². The first kappa shape index (κ1) is 11.5. The predicted octanol–water partition coefficient (Wildman–Crippen LogP) is 1.19. The van der Waals surface area contributed by atoms with Gasteiger partial charge in [-0.05, 0) is 26.3 Å². The van der Waals surface area contributed by atoms with E-state index in [1.54, 1.807) is 10.8 Å². The highest BCUT2D eigenvalue weighted by molar-refractivity contribution is 5.75. The zero-order chi connectivity index (χ0) is 11.3. The standard InChI is InChI=1S/C11H17N3O/c1-4-5-6-12-11(15)8-14-10(3)7-9(2)13-14/h4,7H,1,5-6,8H2,2-3H3,(H,12,15). The molecule has 0 spiro atoms. The van der Waals surface area contributed by atoms with Crippen molar-refractivity contribution in [1.29, 1.82) is 0 Å². The summed E-state index contributed by atoms with van der Waals surface area (Å²) in [4.78, 5) is 11.4. The Labute approximate surface area is 90.0 Å². The van der Waals surface area contributed by atoms with Gasteiger partial charge < -0.3 is 5.32 Å². The number of nitrogens with zero attached hydrogens (tertiary/aromatic N) is 2. The third-order valence-electron chi connectivity index (χ3n) is 2.07. The predicted molar refractivity (Wildman–Crippen MR) is 59.5 cm³/mol. The first-order valence-electron chi connectivity index (χ1n) is 5.02. The quantitative estimate of drug-likeness (QED) is 0.582. The van der Waals surface area contributed by atoms with Gasteiger partial charge in [-0.25, -0.2) is 0 Å². The van der Waals surface area contributed by atoms with Crippen LogP contribution in [-0.2, 0) is 11.3 Å². The Morgan fingerprint density at radius 1 is 1.67 bits per heavy atom. The molecule has 0 unspecified atom stereocenters. The minimum atomic E-state index is -0.0111. The molecule has 1 rings (SSSR count). The SMILES string of the molecule is C=CCCNC(=O)Cn1nc(C)cc1C. The third-order valence-corrected chi connectivity index (χ3v) is 2.07. The number of carbonyl (C=O) groups is 1. The summed E-state index contributed by atoms with van der Waals surface area (Å²) in [5.74, 6) is -0.0111. The third kappa shape index (κ3) is 3.58. The van der Waals surface area contributed by atoms with Crippen molar-refractivity contribution in [3.63, 3.8) is 0 Å². The van der Waals surface area contributed by atoms with Gasteiger partial charge in [-0.15, -0.1) is 6.58 Å². The van der Waals surface area contributed by atoms with E-state index in [1.807, 2.05) is 19.9 Å². The van der Waals surface area contributed by atoms with Gasteiger partial charge in [0.1, 0.15) is 6.54 Å². The fraction of sp³-hybridized carbons (Fsp3) is 0.455. The molecule has 0 atom stereocenters. The highest BCUT2D eigenvalue weighted by atomic mass is 16.2. The maximum atomic E-state index is 11.4. The van der Waals surface area contributed by atoms with Crippen LogP contribution >= 0.6 is 0 Å². The number of nitrogens with one attached hydrogen (secondary N) is 1. The molecule has 1 N–H and O–H groups in total. The molecular formula is C11H17N3O. The van der Waals surface area contributed by atoms with E-state index in [0.717, 1.165) is 17.8 Å². The summed E-state index contributed by atoms with van der Waals surface area (Å²) >= 11 is 0. The summed E-state index contributed by atoms with van der Waals surface area (Å²) in [6, 6.07) is 1.96. The summed E-state index contributed by atoms with van der Waals surface area (Å²) in [5.41, 5.74) is 1.94. The van der Waals surface area contributed by atoms with Crippen LogP contribution in [0.3, 0.4) is 0 Å². The van der Waals surface area contributed by atoms with Gasteiger partial charge in [0.2, 0.25) is 5.91 Å². The van der Waals surface area contributed by atoms with E-state index in [-0.39, 0.29) is 12.5 Å². The second kappa shape index (κ2) is 5.34. The second-order valence-corrected chi connectivity index (χ2v) is 3.51. The molecule has 4 heteroatoms. The van der Waals surface area contributed by atoms with E-state index in [1.165, 1.54) is 0 Å². The number of hydrogen-bond donors (Lipinski definition) is 1. The Morgan fingerprint density at radius 2 is 2.40 bits per heavy atom. The van der Waals surface area contributed by atoms with Gasteiger partial charge in [0, 0.05) is 12.2 Å². The molecule has 4 nitrogen and oxygen atoms in total. The van der Waals surface area contributed by atoms with Gasteiger partial charge in [-0.1, -0.05) is 6.08 Å². The number of amides is 1. The van der Waals surface area contributed by atoms with Crippen LogP contribution in [0.25, 0.3) is 0 Å². The minimum Gasteiger partial charge on any atom is -0.354 e. The van der Waals surface area contributed by atoms with Gasteiger partial charge in [0.05, 0.1) is 5.69 Å². The van der Waals surface area contributed by atoms with Crippen LogP contribution < -0.4 is 5.32 Å². The molecule has 82 valence electrons. The monoisotopic (exact) mass is 207 g/mol. The van der Waals surface area contributed by atoms with E-state index in [4.69, 9.17) is 0 Å². The van der Waals surface area contributed by atoms with Gasteiger partial charge in [-0.3, -0.25) is 9.48 Å². The molecule has 15 heavy (non-hydrogen) atoms. The molecule has 0 aliphatic heterocycles. The van der Waals surface area contributed by atoms with Crippen LogP contribution in [0, 0.1) is 13.8 Å². The van der Waals surface area contributed by atoms with E-state index in [2.05, 4.69) is 17.0 Å². The normalized spacial score (nSPS) is 10.0. The molecular weight excluding hydrogens is 190 g/mol. The van der Waals surface area contributed by atoms with Crippen molar-refractivity contribution in [3.05, 3.63) is 30.1 Å². The van der Waals surface area contributed by atoms with E-state index < -0.39 is 0 Å². The van der Waals surface area contributed by atoms with E-state index in [9.17, 15) is 4.79 Å². The van der Waals surface area contributed by atoms with Crippen LogP contribution in [0.1, 0.15) is 17.8 Å². The molecule has 0 aromatic carbocycles. The van der Waals surface area contributed by atoms with Gasteiger partial charge in [0.25, 0.3) is 0 Å². The Bertz CT molecular complexity index is 355. The first-order valence-corrected chi connectivity index (χ1v) is 5.02. The maximum absolute atomic E-state index is 11.4. The van der Waals surface area contributed by atoms with Crippen LogP contribution in [0.5, 0.6) is 0 Å². The fourth-order valence-electron chi connectivity index (χ4n) is 1.34. The Morgan fingerprint density at radius 3 is 2.93 bits per heavy atom. The van der Waals surface area contributed by atoms with Crippen molar-refractivity contribution >= 4 is 5.91 Å². The Hall–Kier alpha value is -1.58. The van der Waals surface area contributed by atoms with Crippen LogP contribution in [0.2, 0.25) is 0 Å². The lowest BCUT2D eigenvalue weighted by Crippen LogP contribution is -2.28. The lowest BCUT2D eigenvalue weighted by Gasteiger charge is -2.05. The van der Waals surface area contributed by atoms with Crippen molar-refractivity contribution < 1.29 is 4.79 Å². The number of aromatic nitrogens is 2. The molecule has 0 aliphatic carbocycles. The van der Waals surface area contributed by atoms with E-state index in [0.29, 0.717) is 6.54 Å². The lowest BCUT2D eigenvalue weighted by atomic mass is 10.4. The minimum absolute atomic E-state index is 0.0111. The summed E-state index contributed by atoms with van der Waals surface area (Å²) in [6.45, 7) is 8.38. The smallest absolute Gasteiger partial charge is 0.241 e. The lowest BCUT2D eigenvalue weighted by molar-refractivity contribution is -0.121. The molecule has 0 bridgehead atoms. The Balaban J connectivity index is 2.44. The fourth-order valence-corrected chi connectivity index (χ4v) is 1.34. The van der Waals surface area contributed by atoms with Crippen LogP contribution in [0.15, 0.2) is 18.7 Å². The molecule has 1 amide bonds. The largest absolute Gasteiger partial charge is 0.354 e.